The fourth-order valence-corrected chi connectivity index (χ4v) is 4.61. The van der Waals surface area contributed by atoms with Crippen LogP contribution in [0.5, 0.6) is 5.75 Å². The van der Waals surface area contributed by atoms with Crippen molar-refractivity contribution in [3.05, 3.63) is 59.7 Å². The topological polar surface area (TPSA) is 105 Å². The van der Waals surface area contributed by atoms with Crippen LogP contribution in [0, 0.1) is 5.92 Å². The predicted molar refractivity (Wildman–Crippen MR) is 134 cm³/mol. The van der Waals surface area contributed by atoms with Gasteiger partial charge in [-0.25, -0.2) is 0 Å². The number of ether oxygens (including phenoxy) is 1. The Labute approximate surface area is 202 Å². The number of aliphatic carboxylic acids is 1. The first-order valence-electron chi connectivity index (χ1n) is 12.2. The molecule has 1 saturated carbocycles. The van der Waals surface area contributed by atoms with Crippen LogP contribution < -0.4 is 15.8 Å². The minimum Gasteiger partial charge on any atom is -0.497 e. The third kappa shape index (κ3) is 7.85. The molecular weight excluding hydrogens is 430 g/mol. The van der Waals surface area contributed by atoms with Crippen molar-refractivity contribution in [1.29, 1.82) is 0 Å². The van der Waals surface area contributed by atoms with Crippen molar-refractivity contribution in [3.63, 3.8) is 0 Å². The van der Waals surface area contributed by atoms with E-state index in [1.807, 2.05) is 30.3 Å². The maximum absolute atomic E-state index is 12.9. The molecule has 0 aliphatic heterocycles. The Balaban J connectivity index is 1.70. The van der Waals surface area contributed by atoms with Gasteiger partial charge in [0.05, 0.1) is 7.11 Å². The summed E-state index contributed by atoms with van der Waals surface area (Å²) in [5, 5.41) is 12.2. The van der Waals surface area contributed by atoms with Gasteiger partial charge in [0.15, 0.2) is 0 Å². The lowest BCUT2D eigenvalue weighted by atomic mass is 9.88. The van der Waals surface area contributed by atoms with E-state index in [2.05, 4.69) is 10.2 Å². The molecule has 184 valence electrons. The van der Waals surface area contributed by atoms with E-state index in [1.165, 1.54) is 32.1 Å². The second kappa shape index (κ2) is 13.1. The van der Waals surface area contributed by atoms with Gasteiger partial charge in [-0.3, -0.25) is 14.5 Å². The summed E-state index contributed by atoms with van der Waals surface area (Å²) in [7, 11) is 1.58. The molecule has 1 amide bonds. The van der Waals surface area contributed by atoms with Crippen molar-refractivity contribution in [2.24, 2.45) is 11.7 Å². The summed E-state index contributed by atoms with van der Waals surface area (Å²) in [5.41, 5.74) is 8.08. The van der Waals surface area contributed by atoms with E-state index in [-0.39, 0.29) is 5.91 Å². The molecule has 3 rings (SSSR count). The lowest BCUT2D eigenvalue weighted by Crippen LogP contribution is -2.34. The summed E-state index contributed by atoms with van der Waals surface area (Å²) in [6.45, 7) is 2.43. The van der Waals surface area contributed by atoms with Crippen molar-refractivity contribution >= 4 is 17.6 Å². The number of nitrogens with zero attached hydrogens (tertiary/aromatic N) is 1. The highest BCUT2D eigenvalue weighted by Crippen LogP contribution is 2.26. The number of carboxylic acid groups (broad SMARTS) is 1. The largest absolute Gasteiger partial charge is 0.497 e. The van der Waals surface area contributed by atoms with Gasteiger partial charge in [0.25, 0.3) is 5.91 Å². The first-order valence-corrected chi connectivity index (χ1v) is 12.2. The average molecular weight is 468 g/mol. The Hall–Kier alpha value is -2.90. The first-order chi connectivity index (χ1) is 16.5. The normalized spacial score (nSPS) is 15.1. The highest BCUT2D eigenvalue weighted by Gasteiger charge is 2.20. The van der Waals surface area contributed by atoms with Gasteiger partial charge < -0.3 is 20.9 Å². The zero-order valence-electron chi connectivity index (χ0n) is 20.0. The smallest absolute Gasteiger partial charge is 0.320 e. The monoisotopic (exact) mass is 467 g/mol. The molecule has 0 aromatic heterocycles. The number of hydrogen-bond acceptors (Lipinski definition) is 5. The van der Waals surface area contributed by atoms with Crippen LogP contribution in [0.4, 0.5) is 5.69 Å². The maximum Gasteiger partial charge on any atom is 0.320 e. The molecule has 0 radical (unpaired) electrons. The predicted octanol–water partition coefficient (Wildman–Crippen LogP) is 4.52. The molecule has 0 saturated heterocycles. The average Bonchev–Trinajstić information content (AvgIpc) is 2.85. The second-order valence-corrected chi connectivity index (χ2v) is 9.17. The van der Waals surface area contributed by atoms with Crippen molar-refractivity contribution < 1.29 is 19.4 Å². The van der Waals surface area contributed by atoms with E-state index >= 15 is 0 Å². The molecule has 2 aromatic rings. The summed E-state index contributed by atoms with van der Waals surface area (Å²) in [6.07, 6.45) is 7.50. The standard InChI is InChI=1S/C27H37N3O4/c1-34-23-13-7-12-21(17-23)26(31)29-25-15-6-5-11-22(25)19-30(16-8-14-24(28)27(32)33)18-20-9-3-2-4-10-20/h5-7,11-13,15,17,20,24H,2-4,8-10,14,16,18-19,28H2,1H3,(H,29,31)(H,32,33). The minimum absolute atomic E-state index is 0.183. The van der Waals surface area contributed by atoms with Gasteiger partial charge in [-0.1, -0.05) is 43.5 Å². The van der Waals surface area contributed by atoms with Gasteiger partial charge in [-0.05, 0) is 68.0 Å². The molecule has 7 heteroatoms. The Morgan fingerprint density at radius 2 is 1.91 bits per heavy atom. The van der Waals surface area contributed by atoms with Gasteiger partial charge >= 0.3 is 5.97 Å². The van der Waals surface area contributed by atoms with Crippen LogP contribution in [-0.4, -0.2) is 48.1 Å². The highest BCUT2D eigenvalue weighted by molar-refractivity contribution is 6.04. The molecule has 0 bridgehead atoms. The summed E-state index contributed by atoms with van der Waals surface area (Å²) < 4.78 is 5.24. The highest BCUT2D eigenvalue weighted by atomic mass is 16.5. The fourth-order valence-electron chi connectivity index (χ4n) is 4.61. The van der Waals surface area contributed by atoms with Gasteiger partial charge in [0.1, 0.15) is 11.8 Å². The molecule has 34 heavy (non-hydrogen) atoms. The molecule has 0 heterocycles. The number of nitrogens with one attached hydrogen (secondary N) is 1. The zero-order chi connectivity index (χ0) is 24.3. The van der Waals surface area contributed by atoms with Crippen LogP contribution in [-0.2, 0) is 11.3 Å². The first kappa shape index (κ1) is 25.7. The van der Waals surface area contributed by atoms with Crippen molar-refractivity contribution in [3.8, 4) is 5.75 Å². The molecule has 4 N–H and O–H groups in total. The number of benzene rings is 2. The minimum atomic E-state index is -0.954. The van der Waals surface area contributed by atoms with E-state index < -0.39 is 12.0 Å². The van der Waals surface area contributed by atoms with E-state index in [0.717, 1.165) is 30.8 Å². The van der Waals surface area contributed by atoms with E-state index in [4.69, 9.17) is 15.6 Å². The third-order valence-corrected chi connectivity index (χ3v) is 6.54. The molecule has 1 unspecified atom stereocenters. The number of para-hydroxylation sites is 1. The molecule has 7 nitrogen and oxygen atoms in total. The molecule has 1 aliphatic carbocycles. The number of anilines is 1. The Bertz CT molecular complexity index is 943. The Kier molecular flexibility index (Phi) is 9.91. The van der Waals surface area contributed by atoms with Crippen molar-refractivity contribution in [2.75, 3.05) is 25.5 Å². The third-order valence-electron chi connectivity index (χ3n) is 6.54. The van der Waals surface area contributed by atoms with Gasteiger partial charge in [-0.15, -0.1) is 0 Å². The number of methoxy groups -OCH3 is 1. The number of carboxylic acids is 1. The van der Waals surface area contributed by atoms with Crippen LogP contribution in [0.3, 0.4) is 0 Å². The Morgan fingerprint density at radius 3 is 2.65 bits per heavy atom. The van der Waals surface area contributed by atoms with Crippen LogP contribution in [0.25, 0.3) is 0 Å². The number of carbonyl (C=O) groups excluding carboxylic acids is 1. The van der Waals surface area contributed by atoms with Crippen LogP contribution in [0.2, 0.25) is 0 Å². The van der Waals surface area contributed by atoms with Crippen LogP contribution in [0.1, 0.15) is 60.9 Å². The molecule has 1 atom stereocenters. The van der Waals surface area contributed by atoms with Gasteiger partial charge in [0.2, 0.25) is 0 Å². The number of carbonyl (C=O) groups is 2. The summed E-state index contributed by atoms with van der Waals surface area (Å²) in [5.74, 6) is 0.154. The summed E-state index contributed by atoms with van der Waals surface area (Å²) in [4.78, 5) is 26.4. The van der Waals surface area contributed by atoms with E-state index in [9.17, 15) is 9.59 Å². The molecule has 2 aromatic carbocycles. The molecule has 1 aliphatic rings. The number of amides is 1. The number of nitrogens with two attached hydrogens (primary N) is 1. The van der Waals surface area contributed by atoms with E-state index in [1.54, 1.807) is 25.3 Å². The lowest BCUT2D eigenvalue weighted by Gasteiger charge is -2.30. The Morgan fingerprint density at radius 1 is 1.15 bits per heavy atom. The van der Waals surface area contributed by atoms with Gasteiger partial charge in [0, 0.05) is 24.3 Å². The van der Waals surface area contributed by atoms with E-state index in [0.29, 0.717) is 30.2 Å². The van der Waals surface area contributed by atoms with Crippen molar-refractivity contribution in [2.45, 2.75) is 57.5 Å². The fraction of sp³-hybridized carbons (Fsp3) is 0.481. The van der Waals surface area contributed by atoms with Crippen LogP contribution in [0.15, 0.2) is 48.5 Å². The molecule has 0 spiro atoms. The molecule has 1 fully saturated rings. The maximum atomic E-state index is 12.9. The lowest BCUT2D eigenvalue weighted by molar-refractivity contribution is -0.138. The van der Waals surface area contributed by atoms with Gasteiger partial charge in [-0.2, -0.15) is 0 Å². The molecular formula is C27H37N3O4. The number of hydrogen-bond donors (Lipinski definition) is 3. The quantitative estimate of drug-likeness (QED) is 0.424. The zero-order valence-corrected chi connectivity index (χ0v) is 20.0. The second-order valence-electron chi connectivity index (χ2n) is 9.17. The number of rotatable bonds is 12. The summed E-state index contributed by atoms with van der Waals surface area (Å²) >= 11 is 0. The van der Waals surface area contributed by atoms with Crippen molar-refractivity contribution in [1.82, 2.24) is 4.90 Å². The summed E-state index contributed by atoms with van der Waals surface area (Å²) in [6, 6.07) is 14.1. The SMILES string of the molecule is COc1cccc(C(=O)Nc2ccccc2CN(CCCC(N)C(=O)O)CC2CCCCC2)c1. The van der Waals surface area contributed by atoms with Crippen LogP contribution >= 0.6 is 0 Å².